The minimum Gasteiger partial charge on any atom is -0.313 e. The largest absolute Gasteiger partial charge is 0.402 e. The molecule has 1 rings (SSSR count). The van der Waals surface area contributed by atoms with Crippen LogP contribution in [-0.4, -0.2) is 24.9 Å². The second-order valence-electron chi connectivity index (χ2n) is 4.41. The van der Waals surface area contributed by atoms with Gasteiger partial charge in [0.15, 0.2) is 5.92 Å². The molecule has 0 amide bonds. The Hall–Kier alpha value is -1.24. The summed E-state index contributed by atoms with van der Waals surface area (Å²) in [6, 6.07) is 6.09. The van der Waals surface area contributed by atoms with Crippen molar-refractivity contribution >= 4 is 0 Å². The van der Waals surface area contributed by atoms with E-state index in [1.165, 1.54) is 19.1 Å². The number of hydrogen-bond acceptors (Lipinski definition) is 1. The van der Waals surface area contributed by atoms with Crippen molar-refractivity contribution in [2.75, 3.05) is 6.54 Å². The summed E-state index contributed by atoms with van der Waals surface area (Å²) in [5, 5.41) is 2.30. The van der Waals surface area contributed by atoms with Gasteiger partial charge in [0.2, 0.25) is 0 Å². The van der Waals surface area contributed by atoms with Crippen LogP contribution >= 0.6 is 0 Å². The average molecular weight is 299 g/mol. The molecule has 0 spiro atoms. The highest BCUT2D eigenvalue weighted by molar-refractivity contribution is 5.16. The lowest BCUT2D eigenvalue weighted by atomic mass is 9.92. The number of halogens is 6. The van der Waals surface area contributed by atoms with Gasteiger partial charge in [0.25, 0.3) is 0 Å². The van der Waals surface area contributed by atoms with Crippen LogP contribution in [0, 0.1) is 5.92 Å². The minimum absolute atomic E-state index is 0.0279. The molecular formula is C13H15F6N. The summed E-state index contributed by atoms with van der Waals surface area (Å²) >= 11 is 0. The summed E-state index contributed by atoms with van der Waals surface area (Å²) < 4.78 is 76.4. The smallest absolute Gasteiger partial charge is 0.313 e. The first-order valence-electron chi connectivity index (χ1n) is 6.07. The second-order valence-corrected chi connectivity index (χ2v) is 4.41. The van der Waals surface area contributed by atoms with Gasteiger partial charge in [-0.05, 0) is 18.5 Å². The van der Waals surface area contributed by atoms with Crippen molar-refractivity contribution in [3.63, 3.8) is 0 Å². The third-order valence-corrected chi connectivity index (χ3v) is 2.87. The van der Waals surface area contributed by atoms with E-state index in [0.29, 0.717) is 5.56 Å². The molecule has 1 atom stereocenters. The molecule has 114 valence electrons. The Balaban J connectivity index is 3.03. The van der Waals surface area contributed by atoms with Crippen LogP contribution in [0.3, 0.4) is 0 Å². The van der Waals surface area contributed by atoms with Crippen LogP contribution < -0.4 is 5.32 Å². The van der Waals surface area contributed by atoms with Crippen molar-refractivity contribution in [1.29, 1.82) is 0 Å². The molecule has 0 radical (unpaired) electrons. The molecule has 0 saturated carbocycles. The van der Waals surface area contributed by atoms with E-state index in [-0.39, 0.29) is 13.0 Å². The summed E-state index contributed by atoms with van der Waals surface area (Å²) in [6.45, 7) is 1.50. The number of alkyl halides is 6. The van der Waals surface area contributed by atoms with Crippen molar-refractivity contribution in [3.05, 3.63) is 35.9 Å². The lowest BCUT2D eigenvalue weighted by Gasteiger charge is -2.31. The van der Waals surface area contributed by atoms with E-state index < -0.39 is 24.3 Å². The maximum atomic E-state index is 12.7. The normalized spacial score (nSPS) is 14.6. The molecule has 7 heteroatoms. The molecule has 0 aliphatic rings. The Morgan fingerprint density at radius 3 is 1.85 bits per heavy atom. The highest BCUT2D eigenvalue weighted by atomic mass is 19.4. The molecular weight excluding hydrogens is 284 g/mol. The Labute approximate surface area is 113 Å². The van der Waals surface area contributed by atoms with Gasteiger partial charge in [-0.25, -0.2) is 0 Å². The standard InChI is InChI=1S/C13H15F6N/c1-2-20-10(8-9-6-4-3-5-7-9)11(12(14,15)16)13(17,18)19/h3-7,10-11,20H,2,8H2,1H3. The van der Waals surface area contributed by atoms with Gasteiger partial charge in [-0.15, -0.1) is 0 Å². The third-order valence-electron chi connectivity index (χ3n) is 2.87. The van der Waals surface area contributed by atoms with Gasteiger partial charge in [0.05, 0.1) is 0 Å². The highest BCUT2D eigenvalue weighted by Crippen LogP contribution is 2.42. The number of likely N-dealkylation sites (N-methyl/N-ethyl adjacent to an activating group) is 1. The van der Waals surface area contributed by atoms with Crippen LogP contribution in [-0.2, 0) is 6.42 Å². The summed E-state index contributed by atoms with van der Waals surface area (Å²) in [5.74, 6) is -3.38. The van der Waals surface area contributed by atoms with Crippen molar-refractivity contribution in [1.82, 2.24) is 5.32 Å². The molecule has 0 aliphatic heterocycles. The monoisotopic (exact) mass is 299 g/mol. The topological polar surface area (TPSA) is 12.0 Å². The van der Waals surface area contributed by atoms with E-state index in [2.05, 4.69) is 5.32 Å². The zero-order chi connectivity index (χ0) is 15.4. The second kappa shape index (κ2) is 6.47. The zero-order valence-electron chi connectivity index (χ0n) is 10.7. The molecule has 1 aromatic carbocycles. The summed E-state index contributed by atoms with van der Waals surface area (Å²) in [4.78, 5) is 0. The Morgan fingerprint density at radius 2 is 1.45 bits per heavy atom. The lowest BCUT2D eigenvalue weighted by Crippen LogP contribution is -2.52. The molecule has 0 fully saturated rings. The molecule has 0 heterocycles. The average Bonchev–Trinajstić information content (AvgIpc) is 2.26. The van der Waals surface area contributed by atoms with E-state index >= 15 is 0 Å². The fourth-order valence-electron chi connectivity index (χ4n) is 2.08. The van der Waals surface area contributed by atoms with Gasteiger partial charge in [-0.2, -0.15) is 26.3 Å². The predicted octanol–water partition coefficient (Wildman–Crippen LogP) is 3.95. The maximum absolute atomic E-state index is 12.7. The SMILES string of the molecule is CCNC(Cc1ccccc1)C(C(F)(F)F)C(F)(F)F. The molecule has 1 N–H and O–H groups in total. The first kappa shape index (κ1) is 16.8. The van der Waals surface area contributed by atoms with Gasteiger partial charge in [0, 0.05) is 6.04 Å². The van der Waals surface area contributed by atoms with Gasteiger partial charge in [0.1, 0.15) is 0 Å². The number of nitrogens with one attached hydrogen (secondary N) is 1. The van der Waals surface area contributed by atoms with E-state index in [0.717, 1.165) is 0 Å². The van der Waals surface area contributed by atoms with Crippen molar-refractivity contribution in [2.45, 2.75) is 31.7 Å². The molecule has 0 aliphatic carbocycles. The fraction of sp³-hybridized carbons (Fsp3) is 0.538. The quantitative estimate of drug-likeness (QED) is 0.812. The van der Waals surface area contributed by atoms with E-state index in [4.69, 9.17) is 0 Å². The van der Waals surface area contributed by atoms with Crippen molar-refractivity contribution < 1.29 is 26.3 Å². The van der Waals surface area contributed by atoms with E-state index in [9.17, 15) is 26.3 Å². The van der Waals surface area contributed by atoms with Crippen LogP contribution in [0.5, 0.6) is 0 Å². The third kappa shape index (κ3) is 4.70. The molecule has 1 nitrogen and oxygen atoms in total. The molecule has 20 heavy (non-hydrogen) atoms. The molecule has 0 aromatic heterocycles. The Kier molecular flexibility index (Phi) is 5.44. The minimum atomic E-state index is -5.33. The van der Waals surface area contributed by atoms with Crippen LogP contribution in [0.25, 0.3) is 0 Å². The van der Waals surface area contributed by atoms with E-state index in [1.54, 1.807) is 18.2 Å². The van der Waals surface area contributed by atoms with Crippen LogP contribution in [0.1, 0.15) is 12.5 Å². The van der Waals surface area contributed by atoms with Crippen molar-refractivity contribution in [2.24, 2.45) is 5.92 Å². The molecule has 1 aromatic rings. The van der Waals surface area contributed by atoms with Gasteiger partial charge < -0.3 is 5.32 Å². The predicted molar refractivity (Wildman–Crippen MR) is 63.2 cm³/mol. The Bertz CT molecular complexity index is 384. The summed E-state index contributed by atoms with van der Waals surface area (Å²) in [5.41, 5.74) is 0.428. The van der Waals surface area contributed by atoms with Gasteiger partial charge in [-0.1, -0.05) is 37.3 Å². The molecule has 0 bridgehead atoms. The van der Waals surface area contributed by atoms with Crippen molar-refractivity contribution in [3.8, 4) is 0 Å². The Morgan fingerprint density at radius 1 is 0.950 bits per heavy atom. The van der Waals surface area contributed by atoms with Crippen LogP contribution in [0.15, 0.2) is 30.3 Å². The zero-order valence-corrected chi connectivity index (χ0v) is 10.7. The highest BCUT2D eigenvalue weighted by Gasteiger charge is 2.59. The molecule has 0 saturated heterocycles. The van der Waals surface area contributed by atoms with Crippen LogP contribution in [0.4, 0.5) is 26.3 Å². The number of hydrogen-bond donors (Lipinski definition) is 1. The summed E-state index contributed by atoms with van der Waals surface area (Å²) in [7, 11) is 0. The molecule has 1 unspecified atom stereocenters. The van der Waals surface area contributed by atoms with Gasteiger partial charge >= 0.3 is 12.4 Å². The number of rotatable bonds is 5. The fourth-order valence-corrected chi connectivity index (χ4v) is 2.08. The maximum Gasteiger partial charge on any atom is 0.402 e. The summed E-state index contributed by atoms with van der Waals surface area (Å²) in [6.07, 6.45) is -11.0. The lowest BCUT2D eigenvalue weighted by molar-refractivity contribution is -0.291. The van der Waals surface area contributed by atoms with E-state index in [1.807, 2.05) is 0 Å². The first-order chi connectivity index (χ1) is 9.16. The number of benzene rings is 1. The van der Waals surface area contributed by atoms with Gasteiger partial charge in [-0.3, -0.25) is 0 Å². The van der Waals surface area contributed by atoms with Crippen LogP contribution in [0.2, 0.25) is 0 Å². The first-order valence-corrected chi connectivity index (χ1v) is 6.07.